The summed E-state index contributed by atoms with van der Waals surface area (Å²) < 4.78 is 0. The van der Waals surface area contributed by atoms with Gasteiger partial charge in [0.25, 0.3) is 5.91 Å². The minimum absolute atomic E-state index is 0.117. The van der Waals surface area contributed by atoms with Gasteiger partial charge in [0, 0.05) is 13.1 Å². The first kappa shape index (κ1) is 14.5. The predicted molar refractivity (Wildman–Crippen MR) is 73.8 cm³/mol. The number of aromatic nitrogens is 1. The van der Waals surface area contributed by atoms with Crippen molar-refractivity contribution in [2.75, 3.05) is 26.2 Å². The first-order valence-electron chi connectivity index (χ1n) is 6.88. The number of aromatic carboxylic acids is 1. The fraction of sp³-hybridized carbons (Fsp3) is 0.500. The van der Waals surface area contributed by atoms with Crippen LogP contribution in [0.5, 0.6) is 0 Å². The first-order valence-corrected chi connectivity index (χ1v) is 6.88. The van der Waals surface area contributed by atoms with Gasteiger partial charge in [-0.1, -0.05) is 12.5 Å². The molecule has 2 N–H and O–H groups in total. The van der Waals surface area contributed by atoms with E-state index < -0.39 is 5.97 Å². The Morgan fingerprint density at radius 2 is 1.90 bits per heavy atom. The fourth-order valence-electron chi connectivity index (χ4n) is 2.28. The minimum atomic E-state index is -1.13. The van der Waals surface area contributed by atoms with Gasteiger partial charge in [0.2, 0.25) is 0 Å². The van der Waals surface area contributed by atoms with Crippen LogP contribution in [0.3, 0.4) is 0 Å². The Hall–Kier alpha value is -1.95. The highest BCUT2D eigenvalue weighted by molar-refractivity contribution is 5.94. The molecule has 6 nitrogen and oxygen atoms in total. The number of carboxylic acids is 1. The molecule has 0 aromatic carbocycles. The van der Waals surface area contributed by atoms with E-state index in [4.69, 9.17) is 5.11 Å². The minimum Gasteiger partial charge on any atom is -0.477 e. The lowest BCUT2D eigenvalue weighted by atomic mass is 10.1. The van der Waals surface area contributed by atoms with E-state index in [1.165, 1.54) is 37.5 Å². The maximum atomic E-state index is 11.9. The van der Waals surface area contributed by atoms with Crippen LogP contribution in [0.15, 0.2) is 18.2 Å². The monoisotopic (exact) mass is 277 g/mol. The van der Waals surface area contributed by atoms with Crippen molar-refractivity contribution in [3.05, 3.63) is 29.6 Å². The normalized spacial score (nSPS) is 15.8. The van der Waals surface area contributed by atoms with E-state index in [0.29, 0.717) is 6.54 Å². The van der Waals surface area contributed by atoms with Gasteiger partial charge in [0.15, 0.2) is 0 Å². The van der Waals surface area contributed by atoms with Crippen molar-refractivity contribution in [3.63, 3.8) is 0 Å². The van der Waals surface area contributed by atoms with Crippen LogP contribution < -0.4 is 5.32 Å². The molecule has 2 rings (SSSR count). The standard InChI is InChI=1S/C14H19N3O3/c18-13(11-5-4-6-12(16-11)14(19)20)15-7-10-17-8-2-1-3-9-17/h4-6H,1-3,7-10H2,(H,15,18)(H,19,20). The zero-order chi connectivity index (χ0) is 14.4. The number of hydrogen-bond donors (Lipinski definition) is 2. The molecule has 1 aromatic rings. The lowest BCUT2D eigenvalue weighted by Gasteiger charge is -2.26. The van der Waals surface area contributed by atoms with Crippen molar-refractivity contribution < 1.29 is 14.7 Å². The molecule has 1 aromatic heterocycles. The van der Waals surface area contributed by atoms with Crippen molar-refractivity contribution in [1.82, 2.24) is 15.2 Å². The van der Waals surface area contributed by atoms with Crippen LogP contribution in [0.4, 0.5) is 0 Å². The molecule has 108 valence electrons. The lowest BCUT2D eigenvalue weighted by Crippen LogP contribution is -2.37. The second-order valence-corrected chi connectivity index (χ2v) is 4.87. The Kier molecular flexibility index (Phi) is 5.06. The van der Waals surface area contributed by atoms with Gasteiger partial charge >= 0.3 is 5.97 Å². The zero-order valence-electron chi connectivity index (χ0n) is 11.3. The van der Waals surface area contributed by atoms with Gasteiger partial charge in [-0.25, -0.2) is 9.78 Å². The molecule has 20 heavy (non-hydrogen) atoms. The van der Waals surface area contributed by atoms with Crippen LogP contribution in [-0.2, 0) is 0 Å². The lowest BCUT2D eigenvalue weighted by molar-refractivity contribution is 0.0690. The molecule has 0 saturated carbocycles. The number of pyridine rings is 1. The van der Waals surface area contributed by atoms with Crippen LogP contribution >= 0.6 is 0 Å². The molecule has 1 fully saturated rings. The smallest absolute Gasteiger partial charge is 0.354 e. The van der Waals surface area contributed by atoms with Gasteiger partial charge in [-0.15, -0.1) is 0 Å². The Balaban J connectivity index is 1.82. The quantitative estimate of drug-likeness (QED) is 0.839. The van der Waals surface area contributed by atoms with Gasteiger partial charge in [-0.2, -0.15) is 0 Å². The molecule has 0 atom stereocenters. The molecule has 0 unspecified atom stereocenters. The molecule has 0 bridgehead atoms. The van der Waals surface area contributed by atoms with Crippen molar-refractivity contribution in [1.29, 1.82) is 0 Å². The molecule has 0 radical (unpaired) electrons. The molecular weight excluding hydrogens is 258 g/mol. The van der Waals surface area contributed by atoms with Crippen LogP contribution in [0.1, 0.15) is 40.2 Å². The summed E-state index contributed by atoms with van der Waals surface area (Å²) in [6, 6.07) is 4.41. The second-order valence-electron chi connectivity index (χ2n) is 4.87. The number of amides is 1. The number of likely N-dealkylation sites (tertiary alicyclic amines) is 1. The number of rotatable bonds is 5. The van der Waals surface area contributed by atoms with Gasteiger partial charge in [-0.05, 0) is 38.1 Å². The molecule has 0 spiro atoms. The highest BCUT2D eigenvalue weighted by Gasteiger charge is 2.12. The third-order valence-corrected chi connectivity index (χ3v) is 3.36. The molecule has 1 saturated heterocycles. The highest BCUT2D eigenvalue weighted by Crippen LogP contribution is 2.07. The molecule has 2 heterocycles. The topological polar surface area (TPSA) is 82.5 Å². The number of carboxylic acid groups (broad SMARTS) is 1. The maximum absolute atomic E-state index is 11.9. The number of carbonyl (C=O) groups is 2. The van der Waals surface area contributed by atoms with Crippen LogP contribution in [-0.4, -0.2) is 53.0 Å². The average Bonchev–Trinajstić information content (AvgIpc) is 2.48. The summed E-state index contributed by atoms with van der Waals surface area (Å²) in [4.78, 5) is 28.8. The zero-order valence-corrected chi connectivity index (χ0v) is 11.3. The van der Waals surface area contributed by atoms with Gasteiger partial charge in [-0.3, -0.25) is 4.79 Å². The summed E-state index contributed by atoms with van der Waals surface area (Å²) in [5.74, 6) is -1.46. The summed E-state index contributed by atoms with van der Waals surface area (Å²) in [7, 11) is 0. The Labute approximate surface area is 117 Å². The van der Waals surface area contributed by atoms with Crippen molar-refractivity contribution in [2.24, 2.45) is 0 Å². The summed E-state index contributed by atoms with van der Waals surface area (Å²) >= 11 is 0. The number of carbonyl (C=O) groups excluding carboxylic acids is 1. The Morgan fingerprint density at radius 1 is 1.20 bits per heavy atom. The maximum Gasteiger partial charge on any atom is 0.354 e. The number of piperidine rings is 1. The van der Waals surface area contributed by atoms with Crippen molar-refractivity contribution in [2.45, 2.75) is 19.3 Å². The van der Waals surface area contributed by atoms with Crippen molar-refractivity contribution in [3.8, 4) is 0 Å². The van der Waals surface area contributed by atoms with E-state index in [9.17, 15) is 9.59 Å². The predicted octanol–water partition coefficient (Wildman–Crippen LogP) is 0.995. The van der Waals surface area contributed by atoms with Crippen LogP contribution in [0, 0.1) is 0 Å². The molecular formula is C14H19N3O3. The van der Waals surface area contributed by atoms with E-state index in [-0.39, 0.29) is 17.3 Å². The van der Waals surface area contributed by atoms with E-state index >= 15 is 0 Å². The largest absolute Gasteiger partial charge is 0.477 e. The van der Waals surface area contributed by atoms with E-state index in [2.05, 4.69) is 15.2 Å². The Bertz CT molecular complexity index is 484. The van der Waals surface area contributed by atoms with Gasteiger partial charge in [0.1, 0.15) is 11.4 Å². The van der Waals surface area contributed by atoms with E-state index in [1.54, 1.807) is 0 Å². The SMILES string of the molecule is O=C(O)c1cccc(C(=O)NCCN2CCCCC2)n1. The number of hydrogen-bond acceptors (Lipinski definition) is 4. The molecule has 0 aliphatic carbocycles. The molecule has 1 aliphatic rings. The van der Waals surface area contributed by atoms with E-state index in [1.807, 2.05) is 0 Å². The summed E-state index contributed by atoms with van der Waals surface area (Å²) in [6.45, 7) is 3.55. The van der Waals surface area contributed by atoms with Gasteiger partial charge in [0.05, 0.1) is 0 Å². The van der Waals surface area contributed by atoms with Crippen LogP contribution in [0.25, 0.3) is 0 Å². The van der Waals surface area contributed by atoms with Gasteiger partial charge < -0.3 is 15.3 Å². The number of nitrogens with zero attached hydrogens (tertiary/aromatic N) is 2. The van der Waals surface area contributed by atoms with Crippen LogP contribution in [0.2, 0.25) is 0 Å². The average molecular weight is 277 g/mol. The molecule has 6 heteroatoms. The fourth-order valence-corrected chi connectivity index (χ4v) is 2.28. The third-order valence-electron chi connectivity index (χ3n) is 3.36. The molecule has 1 aliphatic heterocycles. The Morgan fingerprint density at radius 3 is 2.60 bits per heavy atom. The van der Waals surface area contributed by atoms with E-state index in [0.717, 1.165) is 19.6 Å². The summed E-state index contributed by atoms with van der Waals surface area (Å²) in [5.41, 5.74) is 0.0252. The summed E-state index contributed by atoms with van der Waals surface area (Å²) in [6.07, 6.45) is 3.72. The third kappa shape index (κ3) is 4.03. The summed E-state index contributed by atoms with van der Waals surface area (Å²) in [5, 5.41) is 11.6. The number of nitrogens with one attached hydrogen (secondary N) is 1. The van der Waals surface area contributed by atoms with Crippen molar-refractivity contribution >= 4 is 11.9 Å². The first-order chi connectivity index (χ1) is 9.66. The molecule has 1 amide bonds. The highest BCUT2D eigenvalue weighted by atomic mass is 16.4. The second kappa shape index (κ2) is 7.00.